The van der Waals surface area contributed by atoms with Crippen LogP contribution in [0.2, 0.25) is 0 Å². The van der Waals surface area contributed by atoms with E-state index in [2.05, 4.69) is 0 Å². The smallest absolute Gasteiger partial charge is 0.305 e. The van der Waals surface area contributed by atoms with Gasteiger partial charge in [0.05, 0.1) is 31.8 Å². The van der Waals surface area contributed by atoms with Crippen molar-refractivity contribution in [2.45, 2.75) is 58.7 Å². The Morgan fingerprint density at radius 3 is 2.27 bits per heavy atom. The summed E-state index contributed by atoms with van der Waals surface area (Å²) >= 11 is 0. The lowest BCUT2D eigenvalue weighted by Crippen LogP contribution is -2.19. The topological polar surface area (TPSA) is 96.2 Å². The highest BCUT2D eigenvalue weighted by molar-refractivity contribution is 5.85. The Morgan fingerprint density at radius 2 is 1.73 bits per heavy atom. The van der Waals surface area contributed by atoms with Crippen molar-refractivity contribution in [3.8, 4) is 22.6 Å². The molecule has 0 amide bonds. The molecule has 2 aromatic carbocycles. The summed E-state index contributed by atoms with van der Waals surface area (Å²) in [4.78, 5) is 10.8. The van der Waals surface area contributed by atoms with Gasteiger partial charge in [0.2, 0.25) is 0 Å². The zero-order valence-corrected chi connectivity index (χ0v) is 19.5. The summed E-state index contributed by atoms with van der Waals surface area (Å²) in [6.07, 6.45) is 0.492. The molecule has 0 saturated heterocycles. The van der Waals surface area contributed by atoms with E-state index in [4.69, 9.17) is 14.6 Å². The number of aliphatic hydroxyl groups excluding tert-OH is 2. The number of rotatable bonds is 12. The van der Waals surface area contributed by atoms with Gasteiger partial charge in [0.1, 0.15) is 5.82 Å². The normalized spacial score (nSPS) is 13.3. The zero-order chi connectivity index (χ0) is 24.5. The van der Waals surface area contributed by atoms with E-state index >= 15 is 0 Å². The number of carbonyl (C=O) groups is 1. The highest BCUT2D eigenvalue weighted by atomic mass is 19.1. The summed E-state index contributed by atoms with van der Waals surface area (Å²) in [6.45, 7) is 8.64. The number of aliphatic hydroxyl groups is 2. The molecule has 7 heteroatoms. The fourth-order valence-electron chi connectivity index (χ4n) is 3.63. The standard InChI is InChI=1S/C26H33FO6/c1-5-32-23-15-22(16(3)4)21(12-11-19(28)13-20(29)14-24(30)31)25(26(23)33-6-2)17-7-9-18(27)10-8-17/h7-12,15-16,19-20,28-29H,5-6,13-14H2,1-4H3,(H,30,31)/b12-11+. The molecule has 180 valence electrons. The Kier molecular flexibility index (Phi) is 9.88. The van der Waals surface area contributed by atoms with Crippen molar-refractivity contribution in [2.75, 3.05) is 13.2 Å². The lowest BCUT2D eigenvalue weighted by atomic mass is 9.88. The minimum atomic E-state index is -1.16. The molecule has 33 heavy (non-hydrogen) atoms. The largest absolute Gasteiger partial charge is 0.490 e. The van der Waals surface area contributed by atoms with Crippen LogP contribution in [0.3, 0.4) is 0 Å². The molecule has 0 fully saturated rings. The van der Waals surface area contributed by atoms with Crippen molar-refractivity contribution in [1.82, 2.24) is 0 Å². The Morgan fingerprint density at radius 1 is 1.09 bits per heavy atom. The van der Waals surface area contributed by atoms with E-state index in [1.165, 1.54) is 18.2 Å². The molecular weight excluding hydrogens is 427 g/mol. The van der Waals surface area contributed by atoms with Gasteiger partial charge in [0.15, 0.2) is 11.5 Å². The second kappa shape index (κ2) is 12.4. The summed E-state index contributed by atoms with van der Waals surface area (Å²) in [5.74, 6) is -0.297. The fraction of sp³-hybridized carbons (Fsp3) is 0.423. The number of carboxylic acid groups (broad SMARTS) is 1. The molecule has 2 atom stereocenters. The first kappa shape index (κ1) is 26.4. The molecule has 2 rings (SSSR count). The molecule has 2 aromatic rings. The molecule has 0 spiro atoms. The number of ether oxygens (including phenoxy) is 2. The van der Waals surface area contributed by atoms with Gasteiger partial charge >= 0.3 is 5.97 Å². The van der Waals surface area contributed by atoms with Gasteiger partial charge in [-0.2, -0.15) is 0 Å². The van der Waals surface area contributed by atoms with Crippen LogP contribution in [0.15, 0.2) is 36.4 Å². The molecule has 0 aliphatic carbocycles. The number of benzene rings is 2. The minimum Gasteiger partial charge on any atom is -0.490 e. The van der Waals surface area contributed by atoms with E-state index in [-0.39, 0.29) is 18.2 Å². The molecule has 0 bridgehead atoms. The Bertz CT molecular complexity index is 952. The van der Waals surface area contributed by atoms with E-state index in [1.54, 1.807) is 18.2 Å². The highest BCUT2D eigenvalue weighted by Gasteiger charge is 2.22. The molecule has 2 unspecified atom stereocenters. The van der Waals surface area contributed by atoms with Gasteiger partial charge in [-0.25, -0.2) is 4.39 Å². The first-order valence-electron chi connectivity index (χ1n) is 11.2. The van der Waals surface area contributed by atoms with Crippen molar-refractivity contribution >= 4 is 12.0 Å². The van der Waals surface area contributed by atoms with Crippen LogP contribution >= 0.6 is 0 Å². The van der Waals surface area contributed by atoms with E-state index in [0.29, 0.717) is 30.3 Å². The number of hydrogen-bond donors (Lipinski definition) is 3. The maximum atomic E-state index is 13.7. The molecule has 0 saturated carbocycles. The Labute approximate surface area is 194 Å². The molecule has 0 aromatic heterocycles. The van der Waals surface area contributed by atoms with Crippen LogP contribution in [0.4, 0.5) is 4.39 Å². The van der Waals surface area contributed by atoms with Gasteiger partial charge in [-0.3, -0.25) is 4.79 Å². The molecular formula is C26H33FO6. The van der Waals surface area contributed by atoms with Crippen LogP contribution in [0.1, 0.15) is 57.6 Å². The zero-order valence-electron chi connectivity index (χ0n) is 19.5. The molecule has 0 aliphatic rings. The number of aliphatic carboxylic acids is 1. The summed E-state index contributed by atoms with van der Waals surface area (Å²) in [5.41, 5.74) is 3.15. The van der Waals surface area contributed by atoms with E-state index < -0.39 is 24.6 Å². The lowest BCUT2D eigenvalue weighted by molar-refractivity contribution is -0.139. The van der Waals surface area contributed by atoms with Crippen LogP contribution in [-0.4, -0.2) is 46.7 Å². The highest BCUT2D eigenvalue weighted by Crippen LogP contribution is 2.45. The lowest BCUT2D eigenvalue weighted by Gasteiger charge is -2.23. The molecule has 0 heterocycles. The van der Waals surface area contributed by atoms with Gasteiger partial charge in [-0.05, 0) is 54.7 Å². The fourth-order valence-corrected chi connectivity index (χ4v) is 3.63. The van der Waals surface area contributed by atoms with Gasteiger partial charge in [0.25, 0.3) is 0 Å². The monoisotopic (exact) mass is 460 g/mol. The average Bonchev–Trinajstić information content (AvgIpc) is 2.73. The second-order valence-corrected chi connectivity index (χ2v) is 8.02. The molecule has 6 nitrogen and oxygen atoms in total. The predicted molar refractivity (Wildman–Crippen MR) is 126 cm³/mol. The van der Waals surface area contributed by atoms with Crippen LogP contribution in [0.5, 0.6) is 11.5 Å². The van der Waals surface area contributed by atoms with Crippen molar-refractivity contribution in [2.24, 2.45) is 0 Å². The summed E-state index contributed by atoms with van der Waals surface area (Å²) < 4.78 is 25.5. The van der Waals surface area contributed by atoms with Crippen molar-refractivity contribution in [1.29, 1.82) is 0 Å². The van der Waals surface area contributed by atoms with Crippen LogP contribution in [0, 0.1) is 5.82 Å². The molecule has 3 N–H and O–H groups in total. The van der Waals surface area contributed by atoms with Crippen LogP contribution in [-0.2, 0) is 4.79 Å². The Hall–Kier alpha value is -2.90. The first-order chi connectivity index (χ1) is 15.7. The maximum absolute atomic E-state index is 13.7. The van der Waals surface area contributed by atoms with E-state index in [9.17, 15) is 19.4 Å². The summed E-state index contributed by atoms with van der Waals surface area (Å²) in [6, 6.07) is 7.99. The van der Waals surface area contributed by atoms with Crippen molar-refractivity contribution < 1.29 is 34.0 Å². The van der Waals surface area contributed by atoms with Gasteiger partial charge < -0.3 is 24.8 Å². The van der Waals surface area contributed by atoms with Crippen molar-refractivity contribution in [3.63, 3.8) is 0 Å². The third-order valence-corrected chi connectivity index (χ3v) is 5.07. The van der Waals surface area contributed by atoms with Gasteiger partial charge in [0, 0.05) is 12.0 Å². The van der Waals surface area contributed by atoms with Gasteiger partial charge in [-0.1, -0.05) is 38.1 Å². The summed E-state index contributed by atoms with van der Waals surface area (Å²) in [5, 5.41) is 29.1. The van der Waals surface area contributed by atoms with Crippen LogP contribution < -0.4 is 9.47 Å². The molecule has 0 aliphatic heterocycles. The molecule has 0 radical (unpaired) electrons. The quantitative estimate of drug-likeness (QED) is 0.412. The van der Waals surface area contributed by atoms with Crippen molar-refractivity contribution in [3.05, 3.63) is 53.4 Å². The SMILES string of the molecule is CCOc1cc(C(C)C)c(/C=C/C(O)CC(O)CC(=O)O)c(-c2ccc(F)cc2)c1OCC. The van der Waals surface area contributed by atoms with Crippen LogP contribution in [0.25, 0.3) is 17.2 Å². The van der Waals surface area contributed by atoms with E-state index in [1.807, 2.05) is 33.8 Å². The summed E-state index contributed by atoms with van der Waals surface area (Å²) in [7, 11) is 0. The number of halogens is 1. The number of hydrogen-bond acceptors (Lipinski definition) is 5. The first-order valence-corrected chi connectivity index (χ1v) is 11.2. The predicted octanol–water partition coefficient (Wildman–Crippen LogP) is 5.01. The minimum absolute atomic E-state index is 0.0912. The van der Waals surface area contributed by atoms with E-state index in [0.717, 1.165) is 16.7 Å². The average molecular weight is 461 g/mol. The van der Waals surface area contributed by atoms with Gasteiger partial charge in [-0.15, -0.1) is 0 Å². The third-order valence-electron chi connectivity index (χ3n) is 5.07. The second-order valence-electron chi connectivity index (χ2n) is 8.02. The third kappa shape index (κ3) is 7.30. The maximum Gasteiger partial charge on any atom is 0.305 e. The number of carboxylic acids is 1. The Balaban J connectivity index is 2.66.